The molecule has 3 amide bonds. The lowest BCUT2D eigenvalue weighted by Gasteiger charge is -2.16. The zero-order valence-corrected chi connectivity index (χ0v) is 12.4. The molecule has 0 saturated carbocycles. The SMILES string of the molecule is Cc1ccccc1NC(=O)CC(NC(N)=O)c1cccs1. The van der Waals surface area contributed by atoms with Crippen molar-refractivity contribution in [2.45, 2.75) is 19.4 Å². The van der Waals surface area contributed by atoms with Gasteiger partial charge in [-0.1, -0.05) is 24.3 Å². The molecule has 0 spiro atoms. The van der Waals surface area contributed by atoms with Gasteiger partial charge >= 0.3 is 6.03 Å². The third-order valence-electron chi connectivity index (χ3n) is 3.01. The van der Waals surface area contributed by atoms with Gasteiger partial charge in [0, 0.05) is 10.6 Å². The number of rotatable bonds is 5. The van der Waals surface area contributed by atoms with E-state index in [1.54, 1.807) is 0 Å². The molecule has 0 aliphatic heterocycles. The molecule has 0 radical (unpaired) electrons. The molecule has 110 valence electrons. The van der Waals surface area contributed by atoms with Crippen molar-refractivity contribution in [3.63, 3.8) is 0 Å². The van der Waals surface area contributed by atoms with Crippen molar-refractivity contribution >= 4 is 29.0 Å². The quantitative estimate of drug-likeness (QED) is 0.793. The maximum Gasteiger partial charge on any atom is 0.312 e. The Balaban J connectivity index is 2.05. The van der Waals surface area contributed by atoms with Crippen LogP contribution in [0, 0.1) is 6.92 Å². The van der Waals surface area contributed by atoms with Crippen molar-refractivity contribution in [2.75, 3.05) is 5.32 Å². The number of anilines is 1. The molecule has 0 aliphatic rings. The minimum atomic E-state index is -0.642. The van der Waals surface area contributed by atoms with Crippen LogP contribution in [0.3, 0.4) is 0 Å². The number of amides is 3. The van der Waals surface area contributed by atoms with Crippen LogP contribution in [0.1, 0.15) is 22.9 Å². The molecule has 0 aliphatic carbocycles. The van der Waals surface area contributed by atoms with Crippen LogP contribution in [0.25, 0.3) is 0 Å². The molecule has 1 aromatic heterocycles. The third-order valence-corrected chi connectivity index (χ3v) is 4.00. The predicted octanol–water partition coefficient (Wildman–Crippen LogP) is 2.79. The van der Waals surface area contributed by atoms with Gasteiger partial charge in [0.05, 0.1) is 12.5 Å². The molecule has 1 unspecified atom stereocenters. The molecule has 2 rings (SSSR count). The minimum absolute atomic E-state index is 0.137. The first-order valence-corrected chi connectivity index (χ1v) is 7.39. The molecule has 4 N–H and O–H groups in total. The number of carbonyl (C=O) groups excluding carboxylic acids is 2. The van der Waals surface area contributed by atoms with E-state index in [1.807, 2.05) is 48.7 Å². The number of aryl methyl sites for hydroxylation is 1. The van der Waals surface area contributed by atoms with Crippen LogP contribution in [0.5, 0.6) is 0 Å². The smallest absolute Gasteiger partial charge is 0.312 e. The van der Waals surface area contributed by atoms with Gasteiger partial charge in [-0.15, -0.1) is 11.3 Å². The van der Waals surface area contributed by atoms with Gasteiger partial charge in [0.15, 0.2) is 0 Å². The molecule has 21 heavy (non-hydrogen) atoms. The monoisotopic (exact) mass is 303 g/mol. The van der Waals surface area contributed by atoms with Crippen molar-refractivity contribution in [3.05, 3.63) is 52.2 Å². The molecule has 0 saturated heterocycles. The highest BCUT2D eigenvalue weighted by Gasteiger charge is 2.18. The highest BCUT2D eigenvalue weighted by molar-refractivity contribution is 7.10. The van der Waals surface area contributed by atoms with E-state index in [4.69, 9.17) is 5.73 Å². The molecule has 6 heteroatoms. The normalized spacial score (nSPS) is 11.7. The molecule has 5 nitrogen and oxygen atoms in total. The summed E-state index contributed by atoms with van der Waals surface area (Å²) in [6.45, 7) is 1.92. The van der Waals surface area contributed by atoms with E-state index in [0.717, 1.165) is 16.1 Å². The summed E-state index contributed by atoms with van der Waals surface area (Å²) < 4.78 is 0. The fourth-order valence-corrected chi connectivity index (χ4v) is 2.76. The molecule has 0 bridgehead atoms. The zero-order valence-electron chi connectivity index (χ0n) is 11.6. The van der Waals surface area contributed by atoms with Crippen LogP contribution in [-0.2, 0) is 4.79 Å². The number of hydrogen-bond donors (Lipinski definition) is 3. The predicted molar refractivity (Wildman–Crippen MR) is 84.2 cm³/mol. The summed E-state index contributed by atoms with van der Waals surface area (Å²) in [7, 11) is 0. The molecule has 1 aromatic carbocycles. The second kappa shape index (κ2) is 6.90. The van der Waals surface area contributed by atoms with Gasteiger partial charge in [-0.25, -0.2) is 4.79 Å². The lowest BCUT2D eigenvalue weighted by atomic mass is 10.1. The summed E-state index contributed by atoms with van der Waals surface area (Å²) in [5.41, 5.74) is 6.93. The van der Waals surface area contributed by atoms with E-state index in [1.165, 1.54) is 11.3 Å². The lowest BCUT2D eigenvalue weighted by molar-refractivity contribution is -0.116. The lowest BCUT2D eigenvalue weighted by Crippen LogP contribution is -2.34. The summed E-state index contributed by atoms with van der Waals surface area (Å²) in [6, 6.07) is 10.2. The van der Waals surface area contributed by atoms with Gasteiger partial charge in [-0.05, 0) is 30.0 Å². The number of para-hydroxylation sites is 1. The number of carbonyl (C=O) groups is 2. The van der Waals surface area contributed by atoms with E-state index in [9.17, 15) is 9.59 Å². The second-order valence-electron chi connectivity index (χ2n) is 4.64. The van der Waals surface area contributed by atoms with Crippen molar-refractivity contribution < 1.29 is 9.59 Å². The number of nitrogens with one attached hydrogen (secondary N) is 2. The maximum atomic E-state index is 12.2. The summed E-state index contributed by atoms with van der Waals surface area (Å²) >= 11 is 1.47. The molecule has 1 heterocycles. The molecular weight excluding hydrogens is 286 g/mol. The summed E-state index contributed by atoms with van der Waals surface area (Å²) in [5.74, 6) is -0.170. The maximum absolute atomic E-state index is 12.2. The number of hydrogen-bond acceptors (Lipinski definition) is 3. The second-order valence-corrected chi connectivity index (χ2v) is 5.62. The van der Waals surface area contributed by atoms with Crippen molar-refractivity contribution in [1.82, 2.24) is 5.32 Å². The van der Waals surface area contributed by atoms with Crippen LogP contribution in [-0.4, -0.2) is 11.9 Å². The van der Waals surface area contributed by atoms with E-state index in [2.05, 4.69) is 10.6 Å². The van der Waals surface area contributed by atoms with Crippen molar-refractivity contribution in [3.8, 4) is 0 Å². The number of nitrogens with two attached hydrogens (primary N) is 1. The third kappa shape index (κ3) is 4.32. The Hall–Kier alpha value is -2.34. The average molecular weight is 303 g/mol. The fraction of sp³-hybridized carbons (Fsp3) is 0.200. The Morgan fingerprint density at radius 2 is 2.00 bits per heavy atom. The van der Waals surface area contributed by atoms with Gasteiger partial charge in [0.25, 0.3) is 0 Å². The Bertz CT molecular complexity index is 626. The molecule has 1 atom stereocenters. The van der Waals surface area contributed by atoms with Gasteiger partial charge in [0.1, 0.15) is 0 Å². The summed E-state index contributed by atoms with van der Waals surface area (Å²) in [5, 5.41) is 7.34. The molecular formula is C15H17N3O2S. The summed E-state index contributed by atoms with van der Waals surface area (Å²) in [6.07, 6.45) is 0.137. The molecule has 2 aromatic rings. The van der Waals surface area contributed by atoms with Gasteiger partial charge in [-0.2, -0.15) is 0 Å². The topological polar surface area (TPSA) is 84.2 Å². The highest BCUT2D eigenvalue weighted by Crippen LogP contribution is 2.23. The Kier molecular flexibility index (Phi) is 4.94. The van der Waals surface area contributed by atoms with Crippen LogP contribution in [0.4, 0.5) is 10.5 Å². The van der Waals surface area contributed by atoms with Crippen LogP contribution < -0.4 is 16.4 Å². The van der Waals surface area contributed by atoms with Gasteiger partial charge in [-0.3, -0.25) is 4.79 Å². The Labute approximate surface area is 127 Å². The highest BCUT2D eigenvalue weighted by atomic mass is 32.1. The molecule has 0 fully saturated rings. The summed E-state index contributed by atoms with van der Waals surface area (Å²) in [4.78, 5) is 24.1. The van der Waals surface area contributed by atoms with Crippen LogP contribution >= 0.6 is 11.3 Å². The fourth-order valence-electron chi connectivity index (χ4n) is 1.98. The minimum Gasteiger partial charge on any atom is -0.352 e. The zero-order chi connectivity index (χ0) is 15.2. The van der Waals surface area contributed by atoms with E-state index < -0.39 is 12.1 Å². The first kappa shape index (κ1) is 15.1. The van der Waals surface area contributed by atoms with Crippen molar-refractivity contribution in [2.24, 2.45) is 5.73 Å². The number of thiophene rings is 1. The number of primary amides is 1. The average Bonchev–Trinajstić information content (AvgIpc) is 2.94. The first-order chi connectivity index (χ1) is 10.1. The van der Waals surface area contributed by atoms with E-state index in [-0.39, 0.29) is 12.3 Å². The Morgan fingerprint density at radius 1 is 1.24 bits per heavy atom. The van der Waals surface area contributed by atoms with E-state index in [0.29, 0.717) is 0 Å². The van der Waals surface area contributed by atoms with Crippen molar-refractivity contribution in [1.29, 1.82) is 0 Å². The largest absolute Gasteiger partial charge is 0.352 e. The van der Waals surface area contributed by atoms with Crippen LogP contribution in [0.2, 0.25) is 0 Å². The standard InChI is InChI=1S/C15H17N3O2S/c1-10-5-2-3-6-11(10)17-14(19)9-12(18-15(16)20)13-7-4-8-21-13/h2-8,12H,9H2,1H3,(H,17,19)(H3,16,18,20). The van der Waals surface area contributed by atoms with Gasteiger partial charge in [0.2, 0.25) is 5.91 Å². The van der Waals surface area contributed by atoms with Crippen LogP contribution in [0.15, 0.2) is 41.8 Å². The van der Waals surface area contributed by atoms with Gasteiger partial charge < -0.3 is 16.4 Å². The first-order valence-electron chi connectivity index (χ1n) is 6.51. The Morgan fingerprint density at radius 3 is 2.62 bits per heavy atom. The number of benzene rings is 1. The number of urea groups is 1. The van der Waals surface area contributed by atoms with E-state index >= 15 is 0 Å².